The fourth-order valence-corrected chi connectivity index (χ4v) is 3.03. The summed E-state index contributed by atoms with van der Waals surface area (Å²) in [4.78, 5) is 0. The standard InChI is InChI=1S/C16H22NO5/c1-16(2)21-13-12(20-15(19-3)14(13)22-16)10-17(18)9-11-7-5-4-6-8-11/h4-8,12-15H,9-10H2,1-3H3/q-1/t12-,13+,14+,15+/m1/s1. The number of hydroxylamine groups is 2. The molecule has 0 N–H and O–H groups in total. The predicted octanol–water partition coefficient (Wildman–Crippen LogP) is 1.88. The van der Waals surface area contributed by atoms with Crippen LogP contribution in [0.25, 0.3) is 0 Å². The Morgan fingerprint density at radius 2 is 1.86 bits per heavy atom. The van der Waals surface area contributed by atoms with Gasteiger partial charge in [0.15, 0.2) is 12.1 Å². The van der Waals surface area contributed by atoms with Crippen LogP contribution in [-0.4, -0.2) is 49.1 Å². The molecule has 1 aromatic rings. The minimum atomic E-state index is -0.679. The van der Waals surface area contributed by atoms with Gasteiger partial charge in [-0.25, -0.2) is 0 Å². The highest BCUT2D eigenvalue weighted by molar-refractivity contribution is 5.14. The fourth-order valence-electron chi connectivity index (χ4n) is 3.03. The molecule has 2 heterocycles. The second kappa shape index (κ2) is 6.23. The lowest BCUT2D eigenvalue weighted by Crippen LogP contribution is -2.37. The van der Waals surface area contributed by atoms with E-state index in [1.54, 1.807) is 7.11 Å². The van der Waals surface area contributed by atoms with Crippen molar-refractivity contribution >= 4 is 0 Å². The van der Waals surface area contributed by atoms with Gasteiger partial charge in [-0.1, -0.05) is 30.3 Å². The molecule has 2 aliphatic rings. The summed E-state index contributed by atoms with van der Waals surface area (Å²) in [6, 6.07) is 9.63. The average Bonchev–Trinajstić information content (AvgIpc) is 2.94. The van der Waals surface area contributed by atoms with Gasteiger partial charge in [0.1, 0.15) is 18.3 Å². The molecule has 0 bridgehead atoms. The van der Waals surface area contributed by atoms with Gasteiger partial charge in [0.2, 0.25) is 0 Å². The van der Waals surface area contributed by atoms with Crippen LogP contribution < -0.4 is 0 Å². The largest absolute Gasteiger partial charge is 0.785 e. The Labute approximate surface area is 130 Å². The van der Waals surface area contributed by atoms with Gasteiger partial charge >= 0.3 is 0 Å². The molecule has 122 valence electrons. The molecule has 0 saturated carbocycles. The molecule has 0 radical (unpaired) electrons. The number of fused-ring (bicyclic) bond motifs is 1. The van der Waals surface area contributed by atoms with Crippen LogP contribution in [0.15, 0.2) is 30.3 Å². The smallest absolute Gasteiger partial charge is 0.186 e. The molecule has 6 nitrogen and oxygen atoms in total. The first-order valence-electron chi connectivity index (χ1n) is 7.48. The highest BCUT2D eigenvalue weighted by atomic mass is 16.8. The maximum atomic E-state index is 12.2. The average molecular weight is 308 g/mol. The first-order valence-corrected chi connectivity index (χ1v) is 7.48. The van der Waals surface area contributed by atoms with Crippen molar-refractivity contribution < 1.29 is 18.9 Å². The molecular formula is C16H22NO5-. The number of ether oxygens (including phenoxy) is 4. The zero-order chi connectivity index (χ0) is 15.7. The van der Waals surface area contributed by atoms with E-state index in [9.17, 15) is 5.21 Å². The van der Waals surface area contributed by atoms with E-state index in [2.05, 4.69) is 0 Å². The van der Waals surface area contributed by atoms with E-state index in [0.29, 0.717) is 6.54 Å². The molecule has 2 saturated heterocycles. The number of hydrogen-bond acceptors (Lipinski definition) is 6. The Morgan fingerprint density at radius 1 is 1.18 bits per heavy atom. The summed E-state index contributed by atoms with van der Waals surface area (Å²) in [5.74, 6) is -0.679. The number of rotatable bonds is 5. The van der Waals surface area contributed by atoms with Gasteiger partial charge in [-0.3, -0.25) is 0 Å². The van der Waals surface area contributed by atoms with Crippen molar-refractivity contribution in [2.24, 2.45) is 0 Å². The maximum Gasteiger partial charge on any atom is 0.186 e. The number of hydrogen-bond donors (Lipinski definition) is 0. The summed E-state index contributed by atoms with van der Waals surface area (Å²) in [6.07, 6.45) is -1.44. The molecule has 0 aromatic heterocycles. The second-order valence-corrected chi connectivity index (χ2v) is 6.15. The van der Waals surface area contributed by atoms with Crippen LogP contribution in [0.2, 0.25) is 0 Å². The van der Waals surface area contributed by atoms with Crippen LogP contribution in [0.1, 0.15) is 19.4 Å². The predicted molar refractivity (Wildman–Crippen MR) is 79.7 cm³/mol. The van der Waals surface area contributed by atoms with E-state index in [4.69, 9.17) is 18.9 Å². The van der Waals surface area contributed by atoms with Crippen molar-refractivity contribution in [1.82, 2.24) is 5.06 Å². The number of nitrogens with zero attached hydrogens (tertiary/aromatic N) is 1. The zero-order valence-electron chi connectivity index (χ0n) is 13.1. The minimum Gasteiger partial charge on any atom is -0.785 e. The van der Waals surface area contributed by atoms with Crippen molar-refractivity contribution in [2.45, 2.75) is 50.8 Å². The zero-order valence-corrected chi connectivity index (χ0v) is 13.1. The first-order chi connectivity index (χ1) is 10.5. The van der Waals surface area contributed by atoms with Gasteiger partial charge in [-0.05, 0) is 19.4 Å². The van der Waals surface area contributed by atoms with E-state index in [0.717, 1.165) is 10.6 Å². The molecule has 0 unspecified atom stereocenters. The highest BCUT2D eigenvalue weighted by Gasteiger charge is 2.55. The summed E-state index contributed by atoms with van der Waals surface area (Å²) in [5.41, 5.74) is 0.972. The van der Waals surface area contributed by atoms with Crippen LogP contribution in [0.3, 0.4) is 0 Å². The summed E-state index contributed by atoms with van der Waals surface area (Å²) < 4.78 is 22.8. The Morgan fingerprint density at radius 3 is 2.55 bits per heavy atom. The van der Waals surface area contributed by atoms with Crippen LogP contribution in [0.5, 0.6) is 0 Å². The second-order valence-electron chi connectivity index (χ2n) is 6.15. The molecule has 0 amide bonds. The van der Waals surface area contributed by atoms with Crippen LogP contribution >= 0.6 is 0 Å². The van der Waals surface area contributed by atoms with Gasteiger partial charge in [0.05, 0.1) is 0 Å². The lowest BCUT2D eigenvalue weighted by Gasteiger charge is -2.32. The van der Waals surface area contributed by atoms with E-state index < -0.39 is 12.1 Å². The Kier molecular flexibility index (Phi) is 4.49. The van der Waals surface area contributed by atoms with Gasteiger partial charge in [-0.2, -0.15) is 0 Å². The minimum absolute atomic E-state index is 0.218. The normalized spacial score (nSPS) is 33.3. The lowest BCUT2D eigenvalue weighted by molar-refractivity contribution is -0.228. The quantitative estimate of drug-likeness (QED) is 0.774. The monoisotopic (exact) mass is 308 g/mol. The van der Waals surface area contributed by atoms with Crippen LogP contribution in [0.4, 0.5) is 0 Å². The lowest BCUT2D eigenvalue weighted by atomic mass is 10.1. The van der Waals surface area contributed by atoms with Gasteiger partial charge in [-0.15, -0.1) is 0 Å². The van der Waals surface area contributed by atoms with E-state index in [1.165, 1.54) is 0 Å². The summed E-state index contributed by atoms with van der Waals surface area (Å²) in [6.45, 7) is 4.25. The molecule has 4 atom stereocenters. The van der Waals surface area contributed by atoms with E-state index >= 15 is 0 Å². The Hall–Kier alpha value is -1.02. The molecule has 1 aromatic carbocycles. The maximum absolute atomic E-state index is 12.2. The molecule has 22 heavy (non-hydrogen) atoms. The van der Waals surface area contributed by atoms with Gasteiger partial charge in [0.25, 0.3) is 0 Å². The topological polar surface area (TPSA) is 63.2 Å². The molecule has 2 aliphatic heterocycles. The van der Waals surface area contributed by atoms with Crippen molar-refractivity contribution in [3.8, 4) is 0 Å². The SMILES string of the molecule is CO[C@H]1O[C@H](CN([O-])Cc2ccccc2)[C@@H]2OC(C)(C)O[C@H]12. The van der Waals surface area contributed by atoms with E-state index in [1.807, 2.05) is 44.2 Å². The third-order valence-electron chi connectivity index (χ3n) is 3.92. The molecular weight excluding hydrogens is 286 g/mol. The third-order valence-corrected chi connectivity index (χ3v) is 3.92. The van der Waals surface area contributed by atoms with Crippen LogP contribution in [0, 0.1) is 5.21 Å². The van der Waals surface area contributed by atoms with Crippen molar-refractivity contribution in [3.63, 3.8) is 0 Å². The van der Waals surface area contributed by atoms with Crippen molar-refractivity contribution in [1.29, 1.82) is 0 Å². The van der Waals surface area contributed by atoms with Gasteiger partial charge in [0, 0.05) is 20.2 Å². The fraction of sp³-hybridized carbons (Fsp3) is 0.625. The van der Waals surface area contributed by atoms with Crippen molar-refractivity contribution in [2.75, 3.05) is 13.7 Å². The number of methoxy groups -OCH3 is 1. The van der Waals surface area contributed by atoms with Gasteiger partial charge < -0.3 is 29.2 Å². The Bertz CT molecular complexity index is 495. The first kappa shape index (κ1) is 15.9. The molecule has 0 spiro atoms. The Balaban J connectivity index is 1.62. The molecule has 2 fully saturated rings. The molecule has 3 rings (SSSR count). The summed E-state index contributed by atoms with van der Waals surface area (Å²) in [5, 5.41) is 13.2. The van der Waals surface area contributed by atoms with Crippen LogP contribution in [-0.2, 0) is 25.5 Å². The van der Waals surface area contributed by atoms with Crippen molar-refractivity contribution in [3.05, 3.63) is 41.1 Å². The third kappa shape index (κ3) is 3.32. The summed E-state index contributed by atoms with van der Waals surface area (Å²) >= 11 is 0. The van der Waals surface area contributed by atoms with E-state index in [-0.39, 0.29) is 24.9 Å². The number of benzene rings is 1. The highest BCUT2D eigenvalue weighted by Crippen LogP contribution is 2.39. The molecule has 6 heteroatoms. The summed E-state index contributed by atoms with van der Waals surface area (Å²) in [7, 11) is 1.57. The molecule has 0 aliphatic carbocycles.